The van der Waals surface area contributed by atoms with Gasteiger partial charge in [0, 0.05) is 14.1 Å². The molecule has 0 spiro atoms. The summed E-state index contributed by atoms with van der Waals surface area (Å²) in [6, 6.07) is 10.4. The molecule has 0 unspecified atom stereocenters. The highest BCUT2D eigenvalue weighted by molar-refractivity contribution is 7.92. The molecular weight excluding hydrogens is 414 g/mol. The Morgan fingerprint density at radius 3 is 2.00 bits per heavy atom. The van der Waals surface area contributed by atoms with Crippen LogP contribution >= 0.6 is 0 Å². The topological polar surface area (TPSA) is 90.2 Å². The third-order valence-electron chi connectivity index (χ3n) is 6.35. The molecule has 1 saturated carbocycles. The fraction of sp³-hybridized carbons (Fsp3) is 0.391. The zero-order valence-corrected chi connectivity index (χ0v) is 18.8. The van der Waals surface area contributed by atoms with Crippen LogP contribution in [0.1, 0.15) is 49.1 Å². The Kier molecular flexibility index (Phi) is 5.51. The first-order valence-corrected chi connectivity index (χ1v) is 12.0. The molecule has 0 amide bonds. The molecule has 3 aromatic rings. The fourth-order valence-electron chi connectivity index (χ4n) is 4.39. The van der Waals surface area contributed by atoms with Gasteiger partial charge in [0.05, 0.1) is 21.6 Å². The number of anilines is 1. The molecule has 1 N–H and O–H groups in total. The Morgan fingerprint density at radius 2 is 1.42 bits per heavy atom. The summed E-state index contributed by atoms with van der Waals surface area (Å²) in [7, 11) is -0.765. The van der Waals surface area contributed by atoms with Crippen molar-refractivity contribution in [1.82, 2.24) is 9.13 Å². The van der Waals surface area contributed by atoms with Gasteiger partial charge >= 0.3 is 11.1 Å². The van der Waals surface area contributed by atoms with Crippen molar-refractivity contribution in [3.63, 3.8) is 0 Å². The second-order valence-electron chi connectivity index (χ2n) is 8.39. The molecule has 1 heterocycles. The Balaban J connectivity index is 1.68. The van der Waals surface area contributed by atoms with Crippen molar-refractivity contribution in [3.05, 3.63) is 68.2 Å². The molecule has 164 valence electrons. The van der Waals surface area contributed by atoms with Crippen molar-refractivity contribution in [2.24, 2.45) is 14.1 Å². The second kappa shape index (κ2) is 8.00. The number of benzene rings is 2. The summed E-state index contributed by atoms with van der Waals surface area (Å²) >= 11 is 0. The average molecular weight is 442 g/mol. The first-order chi connectivity index (χ1) is 14.7. The van der Waals surface area contributed by atoms with Gasteiger partial charge in [0.2, 0.25) is 0 Å². The molecule has 8 heteroatoms. The quantitative estimate of drug-likeness (QED) is 0.629. The number of hydrogen-bond acceptors (Lipinski definition) is 4. The first kappa shape index (κ1) is 21.4. The SMILES string of the molecule is Cc1cc2c(cc1NS(=O)(=O)c1ccc(C3CCCCC3)cc1)n(C)c(=O)c(=O)n2C. The lowest BCUT2D eigenvalue weighted by Gasteiger charge is -2.22. The maximum Gasteiger partial charge on any atom is 0.316 e. The lowest BCUT2D eigenvalue weighted by atomic mass is 9.84. The standard InChI is InChI=1S/C23H27N3O4S/c1-15-13-20-21(26(3)23(28)22(27)25(20)2)14-19(15)24-31(29,30)18-11-9-17(10-12-18)16-7-5-4-6-8-16/h9-14,16,24H,4-8H2,1-3H3. The normalized spacial score (nSPS) is 15.3. The summed E-state index contributed by atoms with van der Waals surface area (Å²) in [4.78, 5) is 24.4. The molecule has 1 aliphatic rings. The highest BCUT2D eigenvalue weighted by Gasteiger charge is 2.20. The fourth-order valence-corrected chi connectivity index (χ4v) is 5.51. The van der Waals surface area contributed by atoms with Gasteiger partial charge in [-0.05, 0) is 61.1 Å². The highest BCUT2D eigenvalue weighted by atomic mass is 32.2. The van der Waals surface area contributed by atoms with Gasteiger partial charge in [0.15, 0.2) is 0 Å². The zero-order chi connectivity index (χ0) is 22.3. The monoisotopic (exact) mass is 441 g/mol. The molecule has 1 fully saturated rings. The van der Waals surface area contributed by atoms with Gasteiger partial charge in [-0.2, -0.15) is 0 Å². The van der Waals surface area contributed by atoms with Gasteiger partial charge in [-0.15, -0.1) is 0 Å². The van der Waals surface area contributed by atoms with E-state index in [1.165, 1.54) is 48.1 Å². The van der Waals surface area contributed by atoms with Crippen LogP contribution in [0.4, 0.5) is 5.69 Å². The molecule has 0 atom stereocenters. The Labute approximate surface area is 181 Å². The van der Waals surface area contributed by atoms with Crippen molar-refractivity contribution < 1.29 is 8.42 Å². The van der Waals surface area contributed by atoms with Gasteiger partial charge in [0.1, 0.15) is 0 Å². The third-order valence-corrected chi connectivity index (χ3v) is 7.73. The van der Waals surface area contributed by atoms with Crippen molar-refractivity contribution >= 4 is 26.7 Å². The van der Waals surface area contributed by atoms with Crippen LogP contribution in [0.25, 0.3) is 11.0 Å². The summed E-state index contributed by atoms with van der Waals surface area (Å²) in [5.41, 5.74) is 1.97. The number of rotatable bonds is 4. The van der Waals surface area contributed by atoms with Crippen LogP contribution < -0.4 is 15.8 Å². The molecule has 0 aliphatic heterocycles. The third kappa shape index (κ3) is 3.92. The van der Waals surface area contributed by atoms with Gasteiger partial charge in [-0.25, -0.2) is 8.42 Å². The van der Waals surface area contributed by atoms with E-state index in [-0.39, 0.29) is 4.90 Å². The van der Waals surface area contributed by atoms with Crippen LogP contribution in [-0.2, 0) is 24.1 Å². The molecular formula is C23H27N3O4S. The minimum Gasteiger partial charge on any atom is -0.305 e. The van der Waals surface area contributed by atoms with Crippen LogP contribution in [0.3, 0.4) is 0 Å². The van der Waals surface area contributed by atoms with Crippen LogP contribution in [0, 0.1) is 6.92 Å². The van der Waals surface area contributed by atoms with E-state index >= 15 is 0 Å². The summed E-state index contributed by atoms with van der Waals surface area (Å²) < 4.78 is 31.2. The molecule has 1 aromatic heterocycles. The largest absolute Gasteiger partial charge is 0.316 e. The van der Waals surface area contributed by atoms with Gasteiger partial charge in [-0.1, -0.05) is 31.4 Å². The number of fused-ring (bicyclic) bond motifs is 1. The molecule has 31 heavy (non-hydrogen) atoms. The van der Waals surface area contributed by atoms with E-state index in [1.54, 1.807) is 31.2 Å². The molecule has 2 aromatic carbocycles. The van der Waals surface area contributed by atoms with Crippen molar-refractivity contribution in [2.45, 2.75) is 49.8 Å². The lowest BCUT2D eigenvalue weighted by Crippen LogP contribution is -2.39. The number of aryl methyl sites for hydroxylation is 3. The molecule has 0 bridgehead atoms. The molecule has 4 rings (SSSR count). The van der Waals surface area contributed by atoms with Crippen LogP contribution in [-0.4, -0.2) is 17.6 Å². The summed E-state index contributed by atoms with van der Waals surface area (Å²) in [5, 5.41) is 0. The number of nitrogens with zero attached hydrogens (tertiary/aromatic N) is 2. The smallest absolute Gasteiger partial charge is 0.305 e. The van der Waals surface area contributed by atoms with E-state index < -0.39 is 21.1 Å². The summed E-state index contributed by atoms with van der Waals surface area (Å²) in [6.45, 7) is 1.76. The highest BCUT2D eigenvalue weighted by Crippen LogP contribution is 2.33. The number of nitrogens with one attached hydrogen (secondary N) is 1. The van der Waals surface area contributed by atoms with E-state index in [1.807, 2.05) is 12.1 Å². The van der Waals surface area contributed by atoms with E-state index in [2.05, 4.69) is 4.72 Å². The van der Waals surface area contributed by atoms with Gasteiger partial charge < -0.3 is 9.13 Å². The molecule has 0 saturated heterocycles. The van der Waals surface area contributed by atoms with Crippen LogP contribution in [0.5, 0.6) is 0 Å². The number of sulfonamides is 1. The van der Waals surface area contributed by atoms with Crippen LogP contribution in [0.2, 0.25) is 0 Å². The predicted octanol–water partition coefficient (Wildman–Crippen LogP) is 3.39. The summed E-state index contributed by atoms with van der Waals surface area (Å²) in [5.74, 6) is 0.508. The van der Waals surface area contributed by atoms with E-state index in [0.717, 1.165) is 12.8 Å². The Morgan fingerprint density at radius 1 is 0.871 bits per heavy atom. The van der Waals surface area contributed by atoms with Gasteiger partial charge in [0.25, 0.3) is 10.0 Å². The van der Waals surface area contributed by atoms with Crippen molar-refractivity contribution in [2.75, 3.05) is 4.72 Å². The Bertz CT molecular complexity index is 1360. The number of hydrogen-bond donors (Lipinski definition) is 1. The predicted molar refractivity (Wildman–Crippen MR) is 122 cm³/mol. The minimum absolute atomic E-state index is 0.195. The maximum absolute atomic E-state index is 13.0. The van der Waals surface area contributed by atoms with E-state index in [9.17, 15) is 18.0 Å². The minimum atomic E-state index is -3.80. The molecule has 1 aliphatic carbocycles. The average Bonchev–Trinajstić information content (AvgIpc) is 2.78. The molecule has 7 nitrogen and oxygen atoms in total. The van der Waals surface area contributed by atoms with E-state index in [4.69, 9.17) is 0 Å². The first-order valence-electron chi connectivity index (χ1n) is 10.5. The Hall–Kier alpha value is -2.87. The van der Waals surface area contributed by atoms with Crippen molar-refractivity contribution in [3.8, 4) is 0 Å². The number of aromatic nitrogens is 2. The maximum atomic E-state index is 13.0. The molecule has 0 radical (unpaired) electrons. The lowest BCUT2D eigenvalue weighted by molar-refractivity contribution is 0.443. The zero-order valence-electron chi connectivity index (χ0n) is 18.0. The van der Waals surface area contributed by atoms with Crippen LogP contribution in [0.15, 0.2) is 50.9 Å². The summed E-state index contributed by atoms with van der Waals surface area (Å²) in [6.07, 6.45) is 6.03. The van der Waals surface area contributed by atoms with E-state index in [0.29, 0.717) is 28.2 Å². The second-order valence-corrected chi connectivity index (χ2v) is 10.1. The van der Waals surface area contributed by atoms with Gasteiger partial charge in [-0.3, -0.25) is 14.3 Å². The van der Waals surface area contributed by atoms with Crippen molar-refractivity contribution in [1.29, 1.82) is 0 Å².